The number of amides is 1. The highest BCUT2D eigenvalue weighted by Crippen LogP contribution is 2.50. The van der Waals surface area contributed by atoms with Gasteiger partial charge >= 0.3 is 0 Å². The summed E-state index contributed by atoms with van der Waals surface area (Å²) in [7, 11) is -3.54. The van der Waals surface area contributed by atoms with Crippen LogP contribution in [0.15, 0.2) is 47.4 Å². The molecular weight excluding hydrogens is 408 g/mol. The van der Waals surface area contributed by atoms with Crippen LogP contribution in [0.2, 0.25) is 5.02 Å². The van der Waals surface area contributed by atoms with Crippen LogP contribution in [0.1, 0.15) is 29.0 Å². The Morgan fingerprint density at radius 1 is 1.00 bits per heavy atom. The van der Waals surface area contributed by atoms with E-state index in [1.54, 1.807) is 17.0 Å². The molecule has 29 heavy (non-hydrogen) atoms. The largest absolute Gasteiger partial charge is 0.340 e. The first-order valence-electron chi connectivity index (χ1n) is 9.89. The molecule has 1 heterocycles. The maximum Gasteiger partial charge on any atom is 0.243 e. The molecule has 0 bridgehead atoms. The van der Waals surface area contributed by atoms with Crippen LogP contribution < -0.4 is 0 Å². The molecule has 2 unspecified atom stereocenters. The summed E-state index contributed by atoms with van der Waals surface area (Å²) >= 11 is 6.27. The average molecular weight is 433 g/mol. The zero-order valence-corrected chi connectivity index (χ0v) is 18.2. The number of rotatable bonds is 4. The summed E-state index contributed by atoms with van der Waals surface area (Å²) in [4.78, 5) is 15.0. The van der Waals surface area contributed by atoms with Gasteiger partial charge in [-0.25, -0.2) is 8.42 Å². The van der Waals surface area contributed by atoms with E-state index in [1.807, 2.05) is 44.2 Å². The summed E-state index contributed by atoms with van der Waals surface area (Å²) in [6.07, 6.45) is 0.809. The van der Waals surface area contributed by atoms with E-state index in [0.29, 0.717) is 36.1 Å². The number of benzene rings is 2. The van der Waals surface area contributed by atoms with E-state index in [-0.39, 0.29) is 17.7 Å². The number of nitrogens with zero attached hydrogens (tertiary/aromatic N) is 2. The fourth-order valence-corrected chi connectivity index (χ4v) is 5.78. The fraction of sp³-hybridized carbons (Fsp3) is 0.409. The lowest BCUT2D eigenvalue weighted by Gasteiger charge is -2.34. The molecule has 7 heteroatoms. The zero-order chi connectivity index (χ0) is 20.8. The summed E-state index contributed by atoms with van der Waals surface area (Å²) in [5, 5.41) is 0.706. The van der Waals surface area contributed by atoms with Crippen molar-refractivity contribution in [2.24, 2.45) is 5.92 Å². The van der Waals surface area contributed by atoms with Crippen molar-refractivity contribution in [3.05, 3.63) is 64.2 Å². The zero-order valence-electron chi connectivity index (χ0n) is 16.6. The number of piperazine rings is 1. The quantitative estimate of drug-likeness (QED) is 0.741. The van der Waals surface area contributed by atoms with Crippen molar-refractivity contribution in [1.29, 1.82) is 0 Å². The number of halogens is 1. The third-order valence-electron chi connectivity index (χ3n) is 6.08. The van der Waals surface area contributed by atoms with Gasteiger partial charge in [-0.05, 0) is 61.1 Å². The SMILES string of the molecule is Cc1ccc(S(=O)(=O)N2CCN(C(=O)C3CC3c3ccccc3Cl)CC2)cc1C. The molecule has 1 aliphatic heterocycles. The molecular formula is C22H25ClN2O3S. The second kappa shape index (κ2) is 7.74. The first-order chi connectivity index (χ1) is 13.8. The molecule has 0 radical (unpaired) electrons. The van der Waals surface area contributed by atoms with Crippen LogP contribution in [0.5, 0.6) is 0 Å². The Labute approximate surface area is 177 Å². The lowest BCUT2D eigenvalue weighted by atomic mass is 10.1. The van der Waals surface area contributed by atoms with Crippen LogP contribution in [-0.4, -0.2) is 49.7 Å². The van der Waals surface area contributed by atoms with Crippen molar-refractivity contribution in [3.8, 4) is 0 Å². The minimum absolute atomic E-state index is 0.0437. The minimum atomic E-state index is -3.54. The number of carbonyl (C=O) groups is 1. The Kier molecular flexibility index (Phi) is 5.44. The second-order valence-corrected chi connectivity index (χ2v) is 10.3. The normalized spacial score (nSPS) is 22.5. The van der Waals surface area contributed by atoms with Crippen molar-refractivity contribution in [2.75, 3.05) is 26.2 Å². The molecule has 0 N–H and O–H groups in total. The van der Waals surface area contributed by atoms with Crippen molar-refractivity contribution >= 4 is 27.5 Å². The Bertz CT molecular complexity index is 1050. The number of hydrogen-bond acceptors (Lipinski definition) is 3. The van der Waals surface area contributed by atoms with Gasteiger partial charge in [-0.15, -0.1) is 0 Å². The van der Waals surface area contributed by atoms with Crippen LogP contribution in [0.25, 0.3) is 0 Å². The standard InChI is InChI=1S/C22H25ClN2O3S/c1-15-7-8-17(13-16(15)2)29(27,28)25-11-9-24(10-12-25)22(26)20-14-19(20)18-5-3-4-6-21(18)23/h3-8,13,19-20H,9-12,14H2,1-2H3. The second-order valence-electron chi connectivity index (χ2n) is 7.95. The highest BCUT2D eigenvalue weighted by molar-refractivity contribution is 7.89. The summed E-state index contributed by atoms with van der Waals surface area (Å²) in [6.45, 7) is 5.37. The first kappa shape index (κ1) is 20.4. The molecule has 2 fully saturated rings. The van der Waals surface area contributed by atoms with Crippen molar-refractivity contribution in [2.45, 2.75) is 31.1 Å². The van der Waals surface area contributed by atoms with E-state index in [9.17, 15) is 13.2 Å². The molecule has 2 aromatic rings. The van der Waals surface area contributed by atoms with Crippen LogP contribution in [-0.2, 0) is 14.8 Å². The van der Waals surface area contributed by atoms with Gasteiger partial charge < -0.3 is 4.90 Å². The Hall–Kier alpha value is -1.89. The van der Waals surface area contributed by atoms with Gasteiger partial charge in [0.05, 0.1) is 4.90 Å². The Balaban J connectivity index is 1.39. The third-order valence-corrected chi connectivity index (χ3v) is 8.32. The average Bonchev–Trinajstić information content (AvgIpc) is 3.50. The summed E-state index contributed by atoms with van der Waals surface area (Å²) < 4.78 is 27.4. The van der Waals surface area contributed by atoms with E-state index in [1.165, 1.54) is 4.31 Å². The Morgan fingerprint density at radius 3 is 2.34 bits per heavy atom. The number of sulfonamides is 1. The molecule has 0 spiro atoms. The minimum Gasteiger partial charge on any atom is -0.340 e. The Morgan fingerprint density at radius 2 is 1.69 bits per heavy atom. The molecule has 1 amide bonds. The highest BCUT2D eigenvalue weighted by Gasteiger charge is 2.47. The molecule has 1 saturated heterocycles. The molecule has 2 aliphatic rings. The predicted molar refractivity (Wildman–Crippen MR) is 114 cm³/mol. The molecule has 154 valence electrons. The maximum absolute atomic E-state index is 13.0. The summed E-state index contributed by atoms with van der Waals surface area (Å²) in [5.41, 5.74) is 3.06. The molecule has 4 rings (SSSR count). The number of carbonyl (C=O) groups excluding carboxylic acids is 1. The van der Waals surface area contributed by atoms with Gasteiger partial charge in [-0.3, -0.25) is 4.79 Å². The van der Waals surface area contributed by atoms with Crippen LogP contribution in [0.4, 0.5) is 0 Å². The molecule has 1 saturated carbocycles. The molecule has 2 atom stereocenters. The summed E-state index contributed by atoms with van der Waals surface area (Å²) in [6, 6.07) is 12.9. The van der Waals surface area contributed by atoms with Gasteiger partial charge in [0.1, 0.15) is 0 Å². The first-order valence-corrected chi connectivity index (χ1v) is 11.7. The number of hydrogen-bond donors (Lipinski definition) is 0. The molecule has 2 aromatic carbocycles. The summed E-state index contributed by atoms with van der Waals surface area (Å²) in [5.74, 6) is 0.240. The number of aryl methyl sites for hydroxylation is 2. The van der Waals surface area contributed by atoms with Crippen molar-refractivity contribution in [3.63, 3.8) is 0 Å². The van der Waals surface area contributed by atoms with E-state index in [4.69, 9.17) is 11.6 Å². The van der Waals surface area contributed by atoms with Gasteiger partial charge in [0, 0.05) is 37.1 Å². The lowest BCUT2D eigenvalue weighted by molar-refractivity contribution is -0.133. The monoisotopic (exact) mass is 432 g/mol. The van der Waals surface area contributed by atoms with E-state index < -0.39 is 10.0 Å². The van der Waals surface area contributed by atoms with E-state index in [2.05, 4.69) is 0 Å². The molecule has 1 aliphatic carbocycles. The van der Waals surface area contributed by atoms with Gasteiger partial charge in [0.15, 0.2) is 0 Å². The molecule has 5 nitrogen and oxygen atoms in total. The maximum atomic E-state index is 13.0. The van der Waals surface area contributed by atoms with Crippen molar-refractivity contribution < 1.29 is 13.2 Å². The van der Waals surface area contributed by atoms with Gasteiger partial charge in [0.2, 0.25) is 15.9 Å². The highest BCUT2D eigenvalue weighted by atomic mass is 35.5. The van der Waals surface area contributed by atoms with E-state index in [0.717, 1.165) is 23.1 Å². The van der Waals surface area contributed by atoms with Crippen LogP contribution in [0.3, 0.4) is 0 Å². The third kappa shape index (κ3) is 3.93. The van der Waals surface area contributed by atoms with Crippen molar-refractivity contribution in [1.82, 2.24) is 9.21 Å². The fourth-order valence-electron chi connectivity index (χ4n) is 3.99. The van der Waals surface area contributed by atoms with Gasteiger partial charge in [0.25, 0.3) is 0 Å². The van der Waals surface area contributed by atoms with E-state index >= 15 is 0 Å². The van der Waals surface area contributed by atoms with Gasteiger partial charge in [-0.2, -0.15) is 4.31 Å². The molecule has 0 aromatic heterocycles. The topological polar surface area (TPSA) is 57.7 Å². The smallest absolute Gasteiger partial charge is 0.243 e. The lowest BCUT2D eigenvalue weighted by Crippen LogP contribution is -2.51. The predicted octanol–water partition coefficient (Wildman–Crippen LogP) is 3.59. The van der Waals surface area contributed by atoms with Crippen LogP contribution >= 0.6 is 11.6 Å². The van der Waals surface area contributed by atoms with Crippen LogP contribution in [0, 0.1) is 19.8 Å². The van der Waals surface area contributed by atoms with Gasteiger partial charge in [-0.1, -0.05) is 35.9 Å².